The molecule has 0 radical (unpaired) electrons. The van der Waals surface area contributed by atoms with Gasteiger partial charge in [-0.05, 0) is 37.6 Å². The predicted molar refractivity (Wildman–Crippen MR) is 98.3 cm³/mol. The lowest BCUT2D eigenvalue weighted by Gasteiger charge is -2.06. The molecule has 0 aliphatic rings. The van der Waals surface area contributed by atoms with Gasteiger partial charge in [-0.3, -0.25) is 19.7 Å². The molecule has 8 heteroatoms. The topological polar surface area (TPSA) is 114 Å². The minimum atomic E-state index is -0.540. The molecule has 0 saturated heterocycles. The standard InChI is InChI=1S/C18H18N4O4/c1-11-4-5-15(10-17(11)22(25)26)18(24)21-20-12(2)14-6-8-16(9-7-14)19-13(3)23/h4-10H,1-3H3,(H,19,23)(H,21,24). The maximum atomic E-state index is 12.2. The number of nitro benzene ring substituents is 1. The fourth-order valence-corrected chi connectivity index (χ4v) is 2.21. The fraction of sp³-hybridized carbons (Fsp3) is 0.167. The summed E-state index contributed by atoms with van der Waals surface area (Å²) in [7, 11) is 0. The molecule has 0 aliphatic heterocycles. The van der Waals surface area contributed by atoms with Gasteiger partial charge in [-0.15, -0.1) is 0 Å². The molecular formula is C18H18N4O4. The van der Waals surface area contributed by atoms with E-state index in [0.717, 1.165) is 5.56 Å². The predicted octanol–water partition coefficient (Wildman–Crippen LogP) is 3.02. The number of benzene rings is 2. The van der Waals surface area contributed by atoms with Crippen molar-refractivity contribution in [3.63, 3.8) is 0 Å². The summed E-state index contributed by atoms with van der Waals surface area (Å²) in [4.78, 5) is 33.6. The fourth-order valence-electron chi connectivity index (χ4n) is 2.21. The Hall–Kier alpha value is -3.55. The first-order valence-electron chi connectivity index (χ1n) is 7.75. The molecule has 2 rings (SSSR count). The van der Waals surface area contributed by atoms with Crippen molar-refractivity contribution >= 4 is 28.9 Å². The van der Waals surface area contributed by atoms with E-state index >= 15 is 0 Å². The Labute approximate surface area is 150 Å². The smallest absolute Gasteiger partial charge is 0.273 e. The van der Waals surface area contributed by atoms with E-state index in [1.54, 1.807) is 38.1 Å². The first kappa shape index (κ1) is 18.8. The van der Waals surface area contributed by atoms with Crippen LogP contribution in [0, 0.1) is 17.0 Å². The van der Waals surface area contributed by atoms with Crippen LogP contribution in [-0.2, 0) is 4.79 Å². The highest BCUT2D eigenvalue weighted by Gasteiger charge is 2.14. The highest BCUT2D eigenvalue weighted by molar-refractivity contribution is 6.01. The van der Waals surface area contributed by atoms with Crippen LogP contribution < -0.4 is 10.7 Å². The minimum Gasteiger partial charge on any atom is -0.326 e. The molecule has 2 aromatic carbocycles. The molecule has 2 N–H and O–H groups in total. The Kier molecular flexibility index (Phi) is 5.79. The summed E-state index contributed by atoms with van der Waals surface area (Å²) in [5, 5.41) is 17.6. The molecule has 0 fully saturated rings. The normalized spacial score (nSPS) is 11.0. The van der Waals surface area contributed by atoms with Gasteiger partial charge in [-0.2, -0.15) is 5.10 Å². The number of hydrazone groups is 1. The third-order valence-corrected chi connectivity index (χ3v) is 3.62. The van der Waals surface area contributed by atoms with E-state index in [1.807, 2.05) is 0 Å². The van der Waals surface area contributed by atoms with E-state index in [0.29, 0.717) is 17.0 Å². The van der Waals surface area contributed by atoms with Gasteiger partial charge in [-0.1, -0.05) is 18.2 Å². The zero-order chi connectivity index (χ0) is 19.3. The number of anilines is 1. The van der Waals surface area contributed by atoms with Crippen LogP contribution in [-0.4, -0.2) is 22.4 Å². The molecule has 8 nitrogen and oxygen atoms in total. The zero-order valence-corrected chi connectivity index (χ0v) is 14.6. The molecule has 0 aliphatic carbocycles. The Morgan fingerprint density at radius 1 is 1.04 bits per heavy atom. The molecule has 0 heterocycles. The highest BCUT2D eigenvalue weighted by Crippen LogP contribution is 2.19. The number of hydrogen-bond acceptors (Lipinski definition) is 5. The van der Waals surface area contributed by atoms with E-state index in [9.17, 15) is 19.7 Å². The summed E-state index contributed by atoms with van der Waals surface area (Å²) >= 11 is 0. The van der Waals surface area contributed by atoms with E-state index in [-0.39, 0.29) is 17.2 Å². The van der Waals surface area contributed by atoms with E-state index in [4.69, 9.17) is 0 Å². The second-order valence-corrected chi connectivity index (χ2v) is 5.66. The van der Waals surface area contributed by atoms with Crippen LogP contribution in [0.3, 0.4) is 0 Å². The number of nitro groups is 1. The molecule has 0 bridgehead atoms. The molecule has 0 saturated carbocycles. The first-order valence-corrected chi connectivity index (χ1v) is 7.75. The van der Waals surface area contributed by atoms with Crippen LogP contribution >= 0.6 is 0 Å². The Morgan fingerprint density at radius 3 is 2.23 bits per heavy atom. The van der Waals surface area contributed by atoms with Crippen molar-refractivity contribution < 1.29 is 14.5 Å². The van der Waals surface area contributed by atoms with Gasteiger partial charge >= 0.3 is 0 Å². The number of aryl methyl sites for hydroxylation is 1. The summed E-state index contributed by atoms with van der Waals surface area (Å²) in [6, 6.07) is 11.2. The number of carbonyl (C=O) groups excluding carboxylic acids is 2. The number of nitrogens with one attached hydrogen (secondary N) is 2. The van der Waals surface area contributed by atoms with Crippen LogP contribution in [0.1, 0.15) is 35.3 Å². The van der Waals surface area contributed by atoms with Crippen LogP contribution in [0.5, 0.6) is 0 Å². The van der Waals surface area contributed by atoms with Crippen LogP contribution in [0.15, 0.2) is 47.6 Å². The number of amides is 2. The van der Waals surface area contributed by atoms with Gasteiger partial charge in [0, 0.05) is 29.8 Å². The average Bonchev–Trinajstić information content (AvgIpc) is 2.59. The SMILES string of the molecule is CC(=O)Nc1ccc(C(C)=NNC(=O)c2ccc(C)c([N+](=O)[O-])c2)cc1. The molecule has 0 unspecified atom stereocenters. The molecule has 0 spiro atoms. The molecular weight excluding hydrogens is 336 g/mol. The number of carbonyl (C=O) groups is 2. The second kappa shape index (κ2) is 8.02. The lowest BCUT2D eigenvalue weighted by atomic mass is 10.1. The summed E-state index contributed by atoms with van der Waals surface area (Å²) in [5.74, 6) is -0.704. The highest BCUT2D eigenvalue weighted by atomic mass is 16.6. The molecule has 2 aromatic rings. The maximum Gasteiger partial charge on any atom is 0.273 e. The van der Waals surface area contributed by atoms with Gasteiger partial charge in [0.15, 0.2) is 0 Å². The minimum absolute atomic E-state index is 0.119. The van der Waals surface area contributed by atoms with Crippen molar-refractivity contribution in [1.82, 2.24) is 5.43 Å². The number of nitrogens with zero attached hydrogens (tertiary/aromatic N) is 2. The van der Waals surface area contributed by atoms with Crippen molar-refractivity contribution in [1.29, 1.82) is 0 Å². The van der Waals surface area contributed by atoms with Crippen molar-refractivity contribution in [2.75, 3.05) is 5.32 Å². The number of rotatable bonds is 5. The van der Waals surface area contributed by atoms with E-state index in [1.165, 1.54) is 25.1 Å². The lowest BCUT2D eigenvalue weighted by molar-refractivity contribution is -0.385. The average molecular weight is 354 g/mol. The monoisotopic (exact) mass is 354 g/mol. The van der Waals surface area contributed by atoms with Crippen LogP contribution in [0.4, 0.5) is 11.4 Å². The van der Waals surface area contributed by atoms with E-state index in [2.05, 4.69) is 15.8 Å². The summed E-state index contributed by atoms with van der Waals surface area (Å²) in [6.07, 6.45) is 0. The quantitative estimate of drug-likeness (QED) is 0.488. The van der Waals surface area contributed by atoms with Crippen LogP contribution in [0.25, 0.3) is 0 Å². The molecule has 0 atom stereocenters. The van der Waals surface area contributed by atoms with Crippen molar-refractivity contribution in [3.05, 3.63) is 69.3 Å². The Balaban J connectivity index is 2.10. The van der Waals surface area contributed by atoms with Gasteiger partial charge in [0.1, 0.15) is 0 Å². The van der Waals surface area contributed by atoms with E-state index < -0.39 is 10.8 Å². The van der Waals surface area contributed by atoms with Gasteiger partial charge in [-0.25, -0.2) is 5.43 Å². The second-order valence-electron chi connectivity index (χ2n) is 5.66. The first-order chi connectivity index (χ1) is 12.3. The van der Waals surface area contributed by atoms with Crippen molar-refractivity contribution in [2.45, 2.75) is 20.8 Å². The number of hydrogen-bond donors (Lipinski definition) is 2. The molecule has 0 aromatic heterocycles. The summed E-state index contributed by atoms with van der Waals surface area (Å²) in [6.45, 7) is 4.74. The van der Waals surface area contributed by atoms with Gasteiger partial charge in [0.05, 0.1) is 10.6 Å². The maximum absolute atomic E-state index is 12.2. The van der Waals surface area contributed by atoms with Gasteiger partial charge < -0.3 is 5.32 Å². The third kappa shape index (κ3) is 4.73. The summed E-state index contributed by atoms with van der Waals surface area (Å²) in [5.41, 5.74) is 4.86. The van der Waals surface area contributed by atoms with Gasteiger partial charge in [0.25, 0.3) is 11.6 Å². The third-order valence-electron chi connectivity index (χ3n) is 3.62. The van der Waals surface area contributed by atoms with Crippen molar-refractivity contribution in [2.24, 2.45) is 5.10 Å². The lowest BCUT2D eigenvalue weighted by Crippen LogP contribution is -2.19. The van der Waals surface area contributed by atoms with Gasteiger partial charge in [0.2, 0.25) is 5.91 Å². The molecule has 2 amide bonds. The zero-order valence-electron chi connectivity index (χ0n) is 14.6. The Bertz CT molecular complexity index is 889. The van der Waals surface area contributed by atoms with Crippen molar-refractivity contribution in [3.8, 4) is 0 Å². The Morgan fingerprint density at radius 2 is 1.65 bits per heavy atom. The molecule has 26 heavy (non-hydrogen) atoms. The largest absolute Gasteiger partial charge is 0.326 e. The summed E-state index contributed by atoms with van der Waals surface area (Å²) < 4.78 is 0. The molecule has 134 valence electrons. The van der Waals surface area contributed by atoms with Crippen LogP contribution in [0.2, 0.25) is 0 Å².